The number of aromatic nitrogens is 2. The van der Waals surface area contributed by atoms with Gasteiger partial charge in [-0.15, -0.1) is 0 Å². The van der Waals surface area contributed by atoms with Crippen LogP contribution in [0.2, 0.25) is 0 Å². The van der Waals surface area contributed by atoms with Crippen molar-refractivity contribution >= 4 is 21.8 Å². The van der Waals surface area contributed by atoms with Gasteiger partial charge in [0.2, 0.25) is 0 Å². The summed E-state index contributed by atoms with van der Waals surface area (Å²) in [6, 6.07) is 10.3. The van der Waals surface area contributed by atoms with E-state index < -0.39 is 10.2 Å². The molecule has 1 aliphatic rings. The molecule has 0 N–H and O–H groups in total. The van der Waals surface area contributed by atoms with E-state index in [1.807, 2.05) is 6.07 Å². The van der Waals surface area contributed by atoms with E-state index in [4.69, 9.17) is 5.26 Å². The van der Waals surface area contributed by atoms with Crippen LogP contribution in [0.4, 0.5) is 11.6 Å². The molecule has 0 spiro atoms. The summed E-state index contributed by atoms with van der Waals surface area (Å²) in [5.41, 5.74) is 1.08. The normalized spacial score (nSPS) is 15.5. The Hall–Kier alpha value is -2.50. The summed E-state index contributed by atoms with van der Waals surface area (Å²) in [4.78, 5) is 8.54. The molecule has 0 atom stereocenters. The summed E-state index contributed by atoms with van der Waals surface area (Å²) in [7, 11) is -3.81. The lowest BCUT2D eigenvalue weighted by Crippen LogP contribution is -2.44. The Labute approximate surface area is 147 Å². The van der Waals surface area contributed by atoms with Crippen LogP contribution in [0.1, 0.15) is 30.5 Å². The molecule has 1 fully saturated rings. The number of hydrogen-bond acceptors (Lipinski definition) is 5. The van der Waals surface area contributed by atoms with Gasteiger partial charge in [-0.05, 0) is 44.0 Å². The van der Waals surface area contributed by atoms with E-state index in [2.05, 4.69) is 9.97 Å². The summed E-state index contributed by atoms with van der Waals surface area (Å²) in [6.45, 7) is 2.78. The lowest BCUT2D eigenvalue weighted by Gasteiger charge is -2.32. The van der Waals surface area contributed by atoms with Crippen LogP contribution in [0.25, 0.3) is 0 Å². The number of rotatable bonds is 4. The average Bonchev–Trinajstić information content (AvgIpc) is 2.63. The summed E-state index contributed by atoms with van der Waals surface area (Å²) in [5.74, 6) is 0.519. The number of nitriles is 1. The van der Waals surface area contributed by atoms with Crippen LogP contribution in [0.15, 0.2) is 36.5 Å². The molecule has 0 aromatic carbocycles. The van der Waals surface area contributed by atoms with Gasteiger partial charge in [-0.25, -0.2) is 9.97 Å². The van der Waals surface area contributed by atoms with Crippen molar-refractivity contribution < 1.29 is 8.42 Å². The van der Waals surface area contributed by atoms with Gasteiger partial charge in [0.25, 0.3) is 0 Å². The third-order valence-electron chi connectivity index (χ3n) is 4.04. The Balaban J connectivity index is 2.09. The zero-order valence-electron chi connectivity index (χ0n) is 14.0. The first-order valence-electron chi connectivity index (χ1n) is 8.12. The van der Waals surface area contributed by atoms with Crippen LogP contribution < -0.4 is 4.31 Å². The molecule has 0 unspecified atom stereocenters. The SMILES string of the molecule is Cc1cccc(N(c2ccc(C#N)cn2)S(=O)(=O)N2CCCCC2)n1. The lowest BCUT2D eigenvalue weighted by molar-refractivity contribution is 0.346. The molecule has 3 heterocycles. The average molecular weight is 357 g/mol. The number of hydrogen-bond donors (Lipinski definition) is 0. The predicted octanol–water partition coefficient (Wildman–Crippen LogP) is 2.53. The Morgan fingerprint density at radius 1 is 1.12 bits per heavy atom. The van der Waals surface area contributed by atoms with E-state index in [1.54, 1.807) is 31.2 Å². The van der Waals surface area contributed by atoms with Crippen LogP contribution >= 0.6 is 0 Å². The highest BCUT2D eigenvalue weighted by atomic mass is 32.2. The first kappa shape index (κ1) is 17.3. The van der Waals surface area contributed by atoms with Gasteiger partial charge in [-0.2, -0.15) is 22.3 Å². The zero-order chi connectivity index (χ0) is 17.9. The van der Waals surface area contributed by atoms with Crippen molar-refractivity contribution in [3.63, 3.8) is 0 Å². The minimum Gasteiger partial charge on any atom is -0.236 e. The van der Waals surface area contributed by atoms with E-state index in [-0.39, 0.29) is 5.82 Å². The number of aryl methyl sites for hydroxylation is 1. The smallest absolute Gasteiger partial charge is 0.236 e. The molecule has 1 saturated heterocycles. The van der Waals surface area contributed by atoms with E-state index >= 15 is 0 Å². The quantitative estimate of drug-likeness (QED) is 0.839. The summed E-state index contributed by atoms with van der Waals surface area (Å²) in [6.07, 6.45) is 4.08. The molecule has 0 bridgehead atoms. The molecule has 8 heteroatoms. The maximum absolute atomic E-state index is 13.3. The van der Waals surface area contributed by atoms with Crippen molar-refractivity contribution in [3.8, 4) is 6.07 Å². The number of piperidine rings is 1. The maximum Gasteiger partial charge on any atom is 0.310 e. The van der Waals surface area contributed by atoms with E-state index in [0.717, 1.165) is 23.6 Å². The highest BCUT2D eigenvalue weighted by Crippen LogP contribution is 2.29. The number of anilines is 2. The fourth-order valence-corrected chi connectivity index (χ4v) is 4.41. The van der Waals surface area contributed by atoms with Gasteiger partial charge in [0.1, 0.15) is 17.7 Å². The van der Waals surface area contributed by atoms with Crippen molar-refractivity contribution in [2.45, 2.75) is 26.2 Å². The van der Waals surface area contributed by atoms with Gasteiger partial charge in [0.15, 0.2) is 0 Å². The van der Waals surface area contributed by atoms with Crippen molar-refractivity contribution in [2.24, 2.45) is 0 Å². The first-order valence-corrected chi connectivity index (χ1v) is 9.52. The Morgan fingerprint density at radius 3 is 2.48 bits per heavy atom. The molecule has 25 heavy (non-hydrogen) atoms. The largest absolute Gasteiger partial charge is 0.310 e. The second-order valence-corrected chi connectivity index (χ2v) is 7.66. The number of pyridine rings is 2. The summed E-state index contributed by atoms with van der Waals surface area (Å²) in [5, 5.41) is 8.94. The van der Waals surface area contributed by atoms with E-state index in [0.29, 0.717) is 30.2 Å². The standard InChI is InChI=1S/C17H19N5O2S/c1-14-6-5-7-17(20-14)22(16-9-8-15(12-18)13-19-16)25(23,24)21-10-3-2-4-11-21/h5-9,13H,2-4,10-11H2,1H3. The van der Waals surface area contributed by atoms with Crippen molar-refractivity contribution in [2.75, 3.05) is 17.4 Å². The van der Waals surface area contributed by atoms with E-state index in [9.17, 15) is 8.42 Å². The van der Waals surface area contributed by atoms with Crippen LogP contribution in [-0.2, 0) is 10.2 Å². The fourth-order valence-electron chi connectivity index (χ4n) is 2.78. The third kappa shape index (κ3) is 3.62. The molecule has 0 amide bonds. The molecule has 2 aromatic rings. The number of nitrogens with zero attached hydrogens (tertiary/aromatic N) is 5. The van der Waals surface area contributed by atoms with Crippen LogP contribution in [0.5, 0.6) is 0 Å². The first-order chi connectivity index (χ1) is 12.0. The molecule has 130 valence electrons. The van der Waals surface area contributed by atoms with E-state index in [1.165, 1.54) is 16.6 Å². The highest BCUT2D eigenvalue weighted by Gasteiger charge is 2.33. The summed E-state index contributed by atoms with van der Waals surface area (Å²) < 4.78 is 29.2. The Kier molecular flexibility index (Phi) is 4.97. The lowest BCUT2D eigenvalue weighted by atomic mass is 10.2. The second-order valence-electron chi connectivity index (χ2n) is 5.89. The van der Waals surface area contributed by atoms with Gasteiger partial charge in [-0.1, -0.05) is 12.5 Å². The van der Waals surface area contributed by atoms with Gasteiger partial charge in [0.05, 0.1) is 5.56 Å². The molecule has 0 radical (unpaired) electrons. The van der Waals surface area contributed by atoms with Gasteiger partial charge >= 0.3 is 10.2 Å². The Bertz CT molecular complexity index is 884. The van der Waals surface area contributed by atoms with Crippen LogP contribution in [0.3, 0.4) is 0 Å². The molecule has 1 aliphatic heterocycles. The molecule has 3 rings (SSSR count). The molecular weight excluding hydrogens is 338 g/mol. The molecule has 7 nitrogen and oxygen atoms in total. The maximum atomic E-state index is 13.3. The van der Waals surface area contributed by atoms with Gasteiger partial charge in [-0.3, -0.25) is 0 Å². The molecular formula is C17H19N5O2S. The topological polar surface area (TPSA) is 90.2 Å². The molecule has 2 aromatic heterocycles. The van der Waals surface area contributed by atoms with Crippen LogP contribution in [0, 0.1) is 18.3 Å². The van der Waals surface area contributed by atoms with Crippen molar-refractivity contribution in [1.82, 2.24) is 14.3 Å². The molecule has 0 aliphatic carbocycles. The molecule has 0 saturated carbocycles. The monoisotopic (exact) mass is 357 g/mol. The second kappa shape index (κ2) is 7.17. The summed E-state index contributed by atoms with van der Waals surface area (Å²) >= 11 is 0. The van der Waals surface area contributed by atoms with Crippen LogP contribution in [-0.4, -0.2) is 35.8 Å². The fraction of sp³-hybridized carbons (Fsp3) is 0.353. The Morgan fingerprint density at radius 2 is 1.88 bits per heavy atom. The zero-order valence-corrected chi connectivity index (χ0v) is 14.8. The van der Waals surface area contributed by atoms with Gasteiger partial charge in [0, 0.05) is 25.0 Å². The van der Waals surface area contributed by atoms with Crippen molar-refractivity contribution in [3.05, 3.63) is 47.8 Å². The minimum atomic E-state index is -3.81. The third-order valence-corrected chi connectivity index (χ3v) is 5.89. The minimum absolute atomic E-state index is 0.225. The predicted molar refractivity (Wildman–Crippen MR) is 94.4 cm³/mol. The van der Waals surface area contributed by atoms with Crippen molar-refractivity contribution in [1.29, 1.82) is 5.26 Å². The highest BCUT2D eigenvalue weighted by molar-refractivity contribution is 7.90. The van der Waals surface area contributed by atoms with Gasteiger partial charge < -0.3 is 0 Å².